The Morgan fingerprint density at radius 3 is 2.35 bits per heavy atom. The number of hydrogen-bond acceptors (Lipinski definition) is 2. The highest BCUT2D eigenvalue weighted by Gasteiger charge is 2.27. The van der Waals surface area contributed by atoms with Crippen molar-refractivity contribution in [3.63, 3.8) is 0 Å². The molecule has 0 aliphatic rings. The molecule has 0 spiro atoms. The zero-order valence-corrected chi connectivity index (χ0v) is 10.8. The molecule has 0 radical (unpaired) electrons. The minimum atomic E-state index is -0.933. The first kappa shape index (κ1) is 15.3. The molecule has 0 heterocycles. The zero-order chi connectivity index (χ0) is 13.6. The number of rotatable bonds is 4. The lowest BCUT2D eigenvalue weighted by Crippen LogP contribution is -2.52. The van der Waals surface area contributed by atoms with Gasteiger partial charge in [0, 0.05) is 12.1 Å². The molecule has 1 unspecified atom stereocenters. The molecule has 96 valence electrons. The molecular formula is C12H20N2O3. The van der Waals surface area contributed by atoms with E-state index in [2.05, 4.69) is 11.2 Å². The lowest BCUT2D eigenvalue weighted by molar-refractivity contribution is -0.137. The predicted molar refractivity (Wildman–Crippen MR) is 65.5 cm³/mol. The van der Waals surface area contributed by atoms with Crippen molar-refractivity contribution in [2.24, 2.45) is 0 Å². The summed E-state index contributed by atoms with van der Waals surface area (Å²) in [5.41, 5.74) is -0.451. The van der Waals surface area contributed by atoms with E-state index in [0.717, 1.165) is 0 Å². The average molecular weight is 240 g/mol. The van der Waals surface area contributed by atoms with Crippen LogP contribution in [0.1, 0.15) is 34.1 Å². The fourth-order valence-corrected chi connectivity index (χ4v) is 1.25. The molecule has 0 saturated heterocycles. The lowest BCUT2D eigenvalue weighted by atomic mass is 10.1. The van der Waals surface area contributed by atoms with Gasteiger partial charge in [-0.15, -0.1) is 6.42 Å². The Hall–Kier alpha value is -1.70. The molecule has 0 saturated carbocycles. The summed E-state index contributed by atoms with van der Waals surface area (Å²) in [7, 11) is 0. The quantitative estimate of drug-likeness (QED) is 0.727. The number of nitrogens with one attached hydrogen (secondary N) is 1. The van der Waals surface area contributed by atoms with E-state index >= 15 is 0 Å². The summed E-state index contributed by atoms with van der Waals surface area (Å²) in [5, 5.41) is 11.3. The topological polar surface area (TPSA) is 69.6 Å². The third kappa shape index (κ3) is 5.81. The first-order valence-corrected chi connectivity index (χ1v) is 5.44. The number of aliphatic carboxylic acids is 1. The Bertz CT molecular complexity index is 326. The number of urea groups is 1. The zero-order valence-electron chi connectivity index (χ0n) is 10.8. The maximum atomic E-state index is 11.9. The summed E-state index contributed by atoms with van der Waals surface area (Å²) in [6, 6.07) is -0.721. The standard InChI is InChI=1S/C12H20N2O3/c1-6-9(2)13-11(17)14(12(3,4)5)8-7-10(15)16/h1,9H,7-8H2,2-5H3,(H,13,17)(H,15,16). The second-order valence-electron chi connectivity index (χ2n) is 4.80. The molecule has 0 aromatic carbocycles. The van der Waals surface area contributed by atoms with Crippen LogP contribution < -0.4 is 5.32 Å². The van der Waals surface area contributed by atoms with Crippen molar-refractivity contribution in [1.29, 1.82) is 0 Å². The van der Waals surface area contributed by atoms with Crippen LogP contribution in [-0.4, -0.2) is 40.1 Å². The summed E-state index contributed by atoms with van der Waals surface area (Å²) in [4.78, 5) is 23.9. The Balaban J connectivity index is 4.64. The largest absolute Gasteiger partial charge is 0.481 e. The molecule has 5 nitrogen and oxygen atoms in total. The maximum Gasteiger partial charge on any atom is 0.318 e. The second-order valence-corrected chi connectivity index (χ2v) is 4.80. The van der Waals surface area contributed by atoms with E-state index in [-0.39, 0.29) is 25.0 Å². The van der Waals surface area contributed by atoms with Gasteiger partial charge in [0.05, 0.1) is 12.5 Å². The highest BCUT2D eigenvalue weighted by Crippen LogP contribution is 2.14. The molecule has 0 fully saturated rings. The van der Waals surface area contributed by atoms with Crippen LogP contribution in [0, 0.1) is 12.3 Å². The average Bonchev–Trinajstić information content (AvgIpc) is 2.14. The highest BCUT2D eigenvalue weighted by molar-refractivity contribution is 5.76. The van der Waals surface area contributed by atoms with Gasteiger partial charge in [-0.05, 0) is 27.7 Å². The number of hydrogen-bond donors (Lipinski definition) is 2. The number of carbonyl (C=O) groups is 2. The van der Waals surface area contributed by atoms with E-state index in [4.69, 9.17) is 11.5 Å². The van der Waals surface area contributed by atoms with Gasteiger partial charge < -0.3 is 15.3 Å². The van der Waals surface area contributed by atoms with Gasteiger partial charge in [0.2, 0.25) is 0 Å². The van der Waals surface area contributed by atoms with Gasteiger partial charge in [0.15, 0.2) is 0 Å². The number of carboxylic acids is 1. The van der Waals surface area contributed by atoms with Crippen molar-refractivity contribution in [2.45, 2.75) is 45.7 Å². The number of carboxylic acid groups (broad SMARTS) is 1. The third-order valence-corrected chi connectivity index (χ3v) is 2.19. The van der Waals surface area contributed by atoms with Crippen LogP contribution in [0.2, 0.25) is 0 Å². The molecule has 1 atom stereocenters. The van der Waals surface area contributed by atoms with Gasteiger partial charge in [0.25, 0.3) is 0 Å². The minimum absolute atomic E-state index is 0.0882. The number of terminal acetylenes is 1. The second kappa shape index (κ2) is 6.14. The first-order valence-electron chi connectivity index (χ1n) is 5.44. The Morgan fingerprint density at radius 2 is 2.00 bits per heavy atom. The van der Waals surface area contributed by atoms with Gasteiger partial charge in [0.1, 0.15) is 0 Å². The van der Waals surface area contributed by atoms with E-state index in [0.29, 0.717) is 0 Å². The summed E-state index contributed by atoms with van der Waals surface area (Å²) >= 11 is 0. The molecule has 5 heteroatoms. The van der Waals surface area contributed by atoms with Crippen molar-refractivity contribution in [3.05, 3.63) is 0 Å². The first-order chi connectivity index (χ1) is 7.68. The monoisotopic (exact) mass is 240 g/mol. The Kier molecular flexibility index (Phi) is 5.52. The SMILES string of the molecule is C#CC(C)NC(=O)N(CCC(=O)O)C(C)(C)C. The van der Waals surface area contributed by atoms with Crippen molar-refractivity contribution >= 4 is 12.0 Å². The van der Waals surface area contributed by atoms with Crippen LogP contribution in [0.5, 0.6) is 0 Å². The van der Waals surface area contributed by atoms with Crippen LogP contribution >= 0.6 is 0 Å². The fraction of sp³-hybridized carbons (Fsp3) is 0.667. The third-order valence-electron chi connectivity index (χ3n) is 2.19. The molecule has 0 rings (SSSR count). The number of nitrogens with zero attached hydrogens (tertiary/aromatic N) is 1. The molecule has 0 aliphatic heterocycles. The molecule has 0 aromatic heterocycles. The van der Waals surface area contributed by atoms with E-state index in [9.17, 15) is 9.59 Å². The van der Waals surface area contributed by atoms with Crippen LogP contribution in [0.15, 0.2) is 0 Å². The van der Waals surface area contributed by atoms with E-state index in [1.165, 1.54) is 4.90 Å². The lowest BCUT2D eigenvalue weighted by Gasteiger charge is -2.35. The normalized spacial score (nSPS) is 12.4. The minimum Gasteiger partial charge on any atom is -0.481 e. The van der Waals surface area contributed by atoms with Gasteiger partial charge in [-0.2, -0.15) is 0 Å². The molecule has 2 N–H and O–H groups in total. The molecule has 17 heavy (non-hydrogen) atoms. The van der Waals surface area contributed by atoms with Gasteiger partial charge in [-0.1, -0.05) is 5.92 Å². The van der Waals surface area contributed by atoms with Crippen LogP contribution in [0.25, 0.3) is 0 Å². The Morgan fingerprint density at radius 1 is 1.47 bits per heavy atom. The van der Waals surface area contributed by atoms with E-state index in [1.807, 2.05) is 20.8 Å². The summed E-state index contributed by atoms with van der Waals surface area (Å²) in [5.74, 6) is 1.46. The van der Waals surface area contributed by atoms with Gasteiger partial charge in [-0.3, -0.25) is 4.79 Å². The summed E-state index contributed by atoms with van der Waals surface area (Å²) < 4.78 is 0. The molecule has 0 bridgehead atoms. The fourth-order valence-electron chi connectivity index (χ4n) is 1.25. The van der Waals surface area contributed by atoms with Crippen molar-refractivity contribution in [3.8, 4) is 12.3 Å². The van der Waals surface area contributed by atoms with Crippen molar-refractivity contribution in [2.75, 3.05) is 6.54 Å². The van der Waals surface area contributed by atoms with E-state index in [1.54, 1.807) is 6.92 Å². The van der Waals surface area contributed by atoms with Crippen molar-refractivity contribution in [1.82, 2.24) is 10.2 Å². The van der Waals surface area contributed by atoms with Crippen LogP contribution in [0.3, 0.4) is 0 Å². The predicted octanol–water partition coefficient (Wildman–Crippen LogP) is 1.29. The van der Waals surface area contributed by atoms with E-state index < -0.39 is 11.5 Å². The van der Waals surface area contributed by atoms with Gasteiger partial charge >= 0.3 is 12.0 Å². The van der Waals surface area contributed by atoms with Crippen molar-refractivity contribution < 1.29 is 14.7 Å². The highest BCUT2D eigenvalue weighted by atomic mass is 16.4. The molecule has 0 aliphatic carbocycles. The molecular weight excluding hydrogens is 220 g/mol. The number of carbonyl (C=O) groups excluding carboxylic acids is 1. The number of amides is 2. The van der Waals surface area contributed by atoms with Crippen LogP contribution in [-0.2, 0) is 4.79 Å². The smallest absolute Gasteiger partial charge is 0.318 e. The van der Waals surface area contributed by atoms with Gasteiger partial charge in [-0.25, -0.2) is 4.79 Å². The Labute approximate surface area is 102 Å². The molecule has 0 aromatic rings. The summed E-state index contributed by atoms with van der Waals surface area (Å²) in [6.07, 6.45) is 5.09. The summed E-state index contributed by atoms with van der Waals surface area (Å²) in [6.45, 7) is 7.37. The molecule has 2 amide bonds. The van der Waals surface area contributed by atoms with Crippen LogP contribution in [0.4, 0.5) is 4.79 Å². The maximum absolute atomic E-state index is 11.9.